The van der Waals surface area contributed by atoms with Gasteiger partial charge in [0.15, 0.2) is 0 Å². The van der Waals surface area contributed by atoms with Gasteiger partial charge in [0, 0.05) is 25.7 Å². The number of rotatable bonds is 4. The van der Waals surface area contributed by atoms with Crippen LogP contribution < -0.4 is 5.32 Å². The standard InChI is InChI=1S/C14H21NO3S/c1-10-8-19-9-11(10)7-15-13(16)14(2,17)12-3-5-18-6-4-12/h8-9,12,17H,3-7H2,1-2H3,(H,15,16). The van der Waals surface area contributed by atoms with E-state index in [-0.39, 0.29) is 11.8 Å². The minimum absolute atomic E-state index is 0.0233. The van der Waals surface area contributed by atoms with E-state index in [4.69, 9.17) is 4.74 Å². The van der Waals surface area contributed by atoms with E-state index in [1.54, 1.807) is 18.3 Å². The monoisotopic (exact) mass is 283 g/mol. The van der Waals surface area contributed by atoms with E-state index in [0.29, 0.717) is 19.8 Å². The molecule has 0 bridgehead atoms. The number of hydrogen-bond donors (Lipinski definition) is 2. The number of nitrogens with one attached hydrogen (secondary N) is 1. The molecule has 106 valence electrons. The Kier molecular flexibility index (Phi) is 4.60. The Morgan fingerprint density at radius 3 is 2.79 bits per heavy atom. The molecule has 1 unspecified atom stereocenters. The van der Waals surface area contributed by atoms with Gasteiger partial charge in [-0.05, 0) is 48.6 Å². The number of hydrogen-bond acceptors (Lipinski definition) is 4. The Morgan fingerprint density at radius 1 is 1.53 bits per heavy atom. The average molecular weight is 283 g/mol. The molecule has 1 fully saturated rings. The predicted molar refractivity (Wildman–Crippen MR) is 75.1 cm³/mol. The van der Waals surface area contributed by atoms with E-state index in [0.717, 1.165) is 18.4 Å². The number of ether oxygens (including phenoxy) is 1. The van der Waals surface area contributed by atoms with Gasteiger partial charge in [0.25, 0.3) is 5.91 Å². The molecule has 1 aromatic rings. The van der Waals surface area contributed by atoms with Crippen molar-refractivity contribution in [1.29, 1.82) is 0 Å². The summed E-state index contributed by atoms with van der Waals surface area (Å²) in [5, 5.41) is 17.4. The molecule has 1 atom stereocenters. The smallest absolute Gasteiger partial charge is 0.252 e. The molecule has 2 N–H and O–H groups in total. The molecule has 0 aromatic carbocycles. The fraction of sp³-hybridized carbons (Fsp3) is 0.643. The van der Waals surface area contributed by atoms with Gasteiger partial charge in [0.2, 0.25) is 0 Å². The van der Waals surface area contributed by atoms with Crippen LogP contribution in [-0.4, -0.2) is 29.8 Å². The summed E-state index contributed by atoms with van der Waals surface area (Å²) in [5.74, 6) is -0.310. The van der Waals surface area contributed by atoms with Crippen molar-refractivity contribution in [3.63, 3.8) is 0 Å². The molecular formula is C14H21NO3S. The summed E-state index contributed by atoms with van der Waals surface area (Å²) in [7, 11) is 0. The Bertz CT molecular complexity index is 436. The first-order chi connectivity index (χ1) is 9.01. The second-order valence-electron chi connectivity index (χ2n) is 5.30. The molecule has 1 amide bonds. The van der Waals surface area contributed by atoms with Crippen LogP contribution in [0.3, 0.4) is 0 Å². The normalized spacial score (nSPS) is 19.9. The summed E-state index contributed by atoms with van der Waals surface area (Å²) in [5.41, 5.74) is 0.977. The maximum Gasteiger partial charge on any atom is 0.252 e. The highest BCUT2D eigenvalue weighted by Crippen LogP contribution is 2.27. The zero-order valence-electron chi connectivity index (χ0n) is 11.4. The molecule has 19 heavy (non-hydrogen) atoms. The summed E-state index contributed by atoms with van der Waals surface area (Å²) < 4.78 is 5.27. The molecule has 1 saturated heterocycles. The van der Waals surface area contributed by atoms with Crippen molar-refractivity contribution >= 4 is 17.2 Å². The second-order valence-corrected chi connectivity index (χ2v) is 6.04. The van der Waals surface area contributed by atoms with Gasteiger partial charge in [-0.2, -0.15) is 11.3 Å². The van der Waals surface area contributed by atoms with E-state index >= 15 is 0 Å². The third-order valence-electron chi connectivity index (χ3n) is 3.88. The Labute approximate surface area is 117 Å². The summed E-state index contributed by atoms with van der Waals surface area (Å²) in [6, 6.07) is 0. The molecule has 5 heteroatoms. The molecule has 1 aliphatic rings. The largest absolute Gasteiger partial charge is 0.381 e. The zero-order valence-corrected chi connectivity index (χ0v) is 12.3. The lowest BCUT2D eigenvalue weighted by molar-refractivity contribution is -0.147. The Morgan fingerprint density at radius 2 is 2.21 bits per heavy atom. The van der Waals surface area contributed by atoms with Gasteiger partial charge in [0.05, 0.1) is 0 Å². The lowest BCUT2D eigenvalue weighted by atomic mass is 9.82. The van der Waals surface area contributed by atoms with Crippen molar-refractivity contribution in [3.05, 3.63) is 21.9 Å². The summed E-state index contributed by atoms with van der Waals surface area (Å²) >= 11 is 1.62. The maximum absolute atomic E-state index is 12.2. The quantitative estimate of drug-likeness (QED) is 0.886. The molecule has 2 rings (SSSR count). The lowest BCUT2D eigenvalue weighted by Crippen LogP contribution is -2.51. The van der Waals surface area contributed by atoms with E-state index in [1.165, 1.54) is 5.56 Å². The maximum atomic E-state index is 12.2. The van der Waals surface area contributed by atoms with Crippen LogP contribution in [0.2, 0.25) is 0 Å². The van der Waals surface area contributed by atoms with Crippen LogP contribution in [0.5, 0.6) is 0 Å². The highest BCUT2D eigenvalue weighted by molar-refractivity contribution is 7.08. The fourth-order valence-electron chi connectivity index (χ4n) is 2.37. The molecule has 1 aromatic heterocycles. The third-order valence-corrected chi connectivity index (χ3v) is 4.79. The van der Waals surface area contributed by atoms with Crippen LogP contribution in [-0.2, 0) is 16.1 Å². The minimum Gasteiger partial charge on any atom is -0.381 e. The minimum atomic E-state index is -1.31. The van der Waals surface area contributed by atoms with Gasteiger partial charge in [-0.25, -0.2) is 0 Å². The number of carbonyl (C=O) groups excluding carboxylic acids is 1. The van der Waals surface area contributed by atoms with Gasteiger partial charge in [-0.1, -0.05) is 0 Å². The number of aliphatic hydroxyl groups is 1. The van der Waals surface area contributed by atoms with Gasteiger partial charge in [-0.15, -0.1) is 0 Å². The number of amides is 1. The van der Waals surface area contributed by atoms with Crippen LogP contribution in [0.25, 0.3) is 0 Å². The summed E-state index contributed by atoms with van der Waals surface area (Å²) in [4.78, 5) is 12.2. The highest BCUT2D eigenvalue weighted by atomic mass is 32.1. The van der Waals surface area contributed by atoms with E-state index < -0.39 is 5.60 Å². The Hall–Kier alpha value is -0.910. The van der Waals surface area contributed by atoms with E-state index in [1.807, 2.05) is 12.3 Å². The van der Waals surface area contributed by atoms with Crippen LogP contribution in [0.15, 0.2) is 10.8 Å². The Balaban J connectivity index is 1.92. The average Bonchev–Trinajstić information content (AvgIpc) is 2.82. The van der Waals surface area contributed by atoms with Crippen molar-refractivity contribution in [3.8, 4) is 0 Å². The fourth-order valence-corrected chi connectivity index (χ4v) is 3.22. The van der Waals surface area contributed by atoms with E-state index in [2.05, 4.69) is 10.7 Å². The first kappa shape index (κ1) is 14.5. The van der Waals surface area contributed by atoms with Crippen LogP contribution >= 0.6 is 11.3 Å². The topological polar surface area (TPSA) is 58.6 Å². The van der Waals surface area contributed by atoms with Gasteiger partial charge in [0.1, 0.15) is 5.60 Å². The van der Waals surface area contributed by atoms with Crippen molar-refractivity contribution < 1.29 is 14.6 Å². The predicted octanol–water partition coefficient (Wildman–Crippen LogP) is 1.85. The van der Waals surface area contributed by atoms with Gasteiger partial charge in [-0.3, -0.25) is 4.79 Å². The zero-order chi connectivity index (χ0) is 13.9. The molecule has 0 spiro atoms. The molecule has 0 aliphatic carbocycles. The van der Waals surface area contributed by atoms with E-state index in [9.17, 15) is 9.90 Å². The second kappa shape index (κ2) is 6.03. The first-order valence-corrected chi connectivity index (χ1v) is 7.56. The SMILES string of the molecule is Cc1cscc1CNC(=O)C(C)(O)C1CCOCC1. The lowest BCUT2D eigenvalue weighted by Gasteiger charge is -2.34. The van der Waals surface area contributed by atoms with Crippen molar-refractivity contribution in [2.45, 2.75) is 38.8 Å². The molecule has 1 aliphatic heterocycles. The molecule has 4 nitrogen and oxygen atoms in total. The first-order valence-electron chi connectivity index (χ1n) is 6.62. The van der Waals surface area contributed by atoms with Crippen molar-refractivity contribution in [2.75, 3.05) is 13.2 Å². The van der Waals surface area contributed by atoms with Gasteiger partial charge >= 0.3 is 0 Å². The summed E-state index contributed by atoms with van der Waals surface area (Å²) in [6.45, 7) is 5.36. The molecule has 0 radical (unpaired) electrons. The number of thiophene rings is 1. The highest BCUT2D eigenvalue weighted by Gasteiger charge is 2.39. The van der Waals surface area contributed by atoms with Crippen molar-refractivity contribution in [1.82, 2.24) is 5.32 Å². The molecule has 2 heterocycles. The summed E-state index contributed by atoms with van der Waals surface area (Å²) in [6.07, 6.45) is 1.47. The third kappa shape index (κ3) is 3.35. The number of aryl methyl sites for hydroxylation is 1. The molecular weight excluding hydrogens is 262 g/mol. The molecule has 0 saturated carbocycles. The van der Waals surface area contributed by atoms with Gasteiger partial charge < -0.3 is 15.2 Å². The van der Waals surface area contributed by atoms with Crippen LogP contribution in [0, 0.1) is 12.8 Å². The van der Waals surface area contributed by atoms with Crippen molar-refractivity contribution in [2.24, 2.45) is 5.92 Å². The van der Waals surface area contributed by atoms with Crippen LogP contribution in [0.4, 0.5) is 0 Å². The van der Waals surface area contributed by atoms with Crippen LogP contribution in [0.1, 0.15) is 30.9 Å². The number of carbonyl (C=O) groups is 1.